The zero-order valence-electron chi connectivity index (χ0n) is 7.83. The van der Waals surface area contributed by atoms with Crippen LogP contribution in [0.15, 0.2) is 48.9 Å². The molecule has 0 aliphatic rings. The minimum Gasteiger partial charge on any atom is -0.297 e. The van der Waals surface area contributed by atoms with Gasteiger partial charge in [-0.2, -0.15) is 0 Å². The van der Waals surface area contributed by atoms with Crippen molar-refractivity contribution in [2.45, 2.75) is 0 Å². The van der Waals surface area contributed by atoms with Crippen molar-refractivity contribution in [3.8, 4) is 10.4 Å². The predicted octanol–water partition coefficient (Wildman–Crippen LogP) is 3.48. The zero-order valence-corrected chi connectivity index (χ0v) is 9.46. The average molecular weight is 237 g/mol. The summed E-state index contributed by atoms with van der Waals surface area (Å²) in [4.78, 5) is 6.55. The van der Waals surface area contributed by atoms with Gasteiger partial charge in [0.25, 0.3) is 0 Å². The Bertz CT molecular complexity index is 527. The standard InChI is InChI=1S/C11H8N2S.ClH/c1-2-4-9(5-3-1)10-8-13-7-6-12-11(13)14-10;/h1-8H;1H. The molecule has 0 aliphatic heterocycles. The van der Waals surface area contributed by atoms with Crippen LogP contribution in [0, 0.1) is 0 Å². The van der Waals surface area contributed by atoms with E-state index in [0.717, 1.165) is 4.96 Å². The van der Waals surface area contributed by atoms with E-state index in [4.69, 9.17) is 0 Å². The van der Waals surface area contributed by atoms with E-state index in [1.807, 2.05) is 22.9 Å². The molecule has 0 N–H and O–H groups in total. The molecule has 3 aromatic rings. The second-order valence-electron chi connectivity index (χ2n) is 3.08. The van der Waals surface area contributed by atoms with Gasteiger partial charge in [0.05, 0.1) is 4.88 Å². The molecule has 0 bridgehead atoms. The number of thiazole rings is 1. The number of aromatic nitrogens is 2. The molecule has 3 rings (SSSR count). The van der Waals surface area contributed by atoms with Gasteiger partial charge < -0.3 is 0 Å². The molecule has 0 atom stereocenters. The third-order valence-electron chi connectivity index (χ3n) is 2.15. The summed E-state index contributed by atoms with van der Waals surface area (Å²) in [5.74, 6) is 0. The first-order valence-corrected chi connectivity index (χ1v) is 5.23. The van der Waals surface area contributed by atoms with Crippen LogP contribution in [-0.4, -0.2) is 9.38 Å². The first kappa shape index (κ1) is 10.2. The van der Waals surface area contributed by atoms with Crippen LogP contribution in [-0.2, 0) is 0 Å². The number of halogens is 1. The summed E-state index contributed by atoms with van der Waals surface area (Å²) in [6.45, 7) is 0. The highest BCUT2D eigenvalue weighted by Crippen LogP contribution is 2.27. The summed E-state index contributed by atoms with van der Waals surface area (Å²) in [5, 5.41) is 0. The molecule has 0 saturated heterocycles. The van der Waals surface area contributed by atoms with Crippen molar-refractivity contribution in [3.63, 3.8) is 0 Å². The number of hydrogen-bond acceptors (Lipinski definition) is 2. The van der Waals surface area contributed by atoms with Crippen LogP contribution >= 0.6 is 23.7 Å². The van der Waals surface area contributed by atoms with E-state index < -0.39 is 0 Å². The van der Waals surface area contributed by atoms with Crippen molar-refractivity contribution in [3.05, 3.63) is 48.9 Å². The lowest BCUT2D eigenvalue weighted by Crippen LogP contribution is -1.71. The highest BCUT2D eigenvalue weighted by atomic mass is 35.5. The molecule has 1 aromatic carbocycles. The van der Waals surface area contributed by atoms with Crippen LogP contribution in [0.2, 0.25) is 0 Å². The fourth-order valence-electron chi connectivity index (χ4n) is 1.46. The SMILES string of the molecule is Cl.c1ccc(-c2cn3ccnc3s2)cc1. The third kappa shape index (κ3) is 1.76. The van der Waals surface area contributed by atoms with Crippen molar-refractivity contribution < 1.29 is 0 Å². The largest absolute Gasteiger partial charge is 0.297 e. The molecule has 0 spiro atoms. The summed E-state index contributed by atoms with van der Waals surface area (Å²) in [7, 11) is 0. The lowest BCUT2D eigenvalue weighted by atomic mass is 10.2. The minimum absolute atomic E-state index is 0. The van der Waals surface area contributed by atoms with E-state index in [2.05, 4.69) is 35.4 Å². The second-order valence-corrected chi connectivity index (χ2v) is 4.09. The minimum atomic E-state index is 0. The average Bonchev–Trinajstić information content (AvgIpc) is 2.78. The highest BCUT2D eigenvalue weighted by Gasteiger charge is 2.03. The molecular formula is C11H9ClN2S. The Hall–Kier alpha value is -1.32. The number of rotatable bonds is 1. The van der Waals surface area contributed by atoms with Gasteiger partial charge >= 0.3 is 0 Å². The van der Waals surface area contributed by atoms with Crippen molar-refractivity contribution in [2.75, 3.05) is 0 Å². The number of hydrogen-bond donors (Lipinski definition) is 0. The fraction of sp³-hybridized carbons (Fsp3) is 0. The van der Waals surface area contributed by atoms with Crippen LogP contribution < -0.4 is 0 Å². The quantitative estimate of drug-likeness (QED) is 0.632. The zero-order chi connectivity index (χ0) is 9.38. The van der Waals surface area contributed by atoms with Gasteiger partial charge in [0, 0.05) is 18.6 Å². The Morgan fingerprint density at radius 3 is 2.67 bits per heavy atom. The van der Waals surface area contributed by atoms with Gasteiger partial charge in [-0.25, -0.2) is 4.98 Å². The van der Waals surface area contributed by atoms with Gasteiger partial charge in [-0.1, -0.05) is 41.7 Å². The second kappa shape index (κ2) is 4.04. The van der Waals surface area contributed by atoms with Crippen LogP contribution in [0.25, 0.3) is 15.4 Å². The van der Waals surface area contributed by atoms with Gasteiger partial charge in [-0.3, -0.25) is 4.40 Å². The smallest absolute Gasteiger partial charge is 0.194 e. The number of benzene rings is 1. The van der Waals surface area contributed by atoms with Gasteiger partial charge in [0.15, 0.2) is 4.96 Å². The molecule has 76 valence electrons. The Kier molecular flexibility index (Phi) is 2.75. The van der Waals surface area contributed by atoms with Gasteiger partial charge in [0.1, 0.15) is 0 Å². The van der Waals surface area contributed by atoms with Crippen molar-refractivity contribution in [1.29, 1.82) is 0 Å². The Labute approximate surface area is 97.6 Å². The normalized spacial score (nSPS) is 10.1. The molecule has 0 unspecified atom stereocenters. The summed E-state index contributed by atoms with van der Waals surface area (Å²) in [5.41, 5.74) is 1.25. The fourth-order valence-corrected chi connectivity index (χ4v) is 2.41. The first-order chi connectivity index (χ1) is 6.93. The van der Waals surface area contributed by atoms with E-state index in [0.29, 0.717) is 0 Å². The van der Waals surface area contributed by atoms with E-state index in [-0.39, 0.29) is 12.4 Å². The molecule has 4 heteroatoms. The summed E-state index contributed by atoms with van der Waals surface area (Å²) in [6.07, 6.45) is 5.90. The molecule has 0 saturated carbocycles. The highest BCUT2D eigenvalue weighted by molar-refractivity contribution is 7.20. The van der Waals surface area contributed by atoms with E-state index >= 15 is 0 Å². The molecule has 0 aliphatic carbocycles. The summed E-state index contributed by atoms with van der Waals surface area (Å²) >= 11 is 1.71. The topological polar surface area (TPSA) is 17.3 Å². The van der Waals surface area contributed by atoms with Crippen LogP contribution in [0.3, 0.4) is 0 Å². The molecule has 2 heterocycles. The number of fused-ring (bicyclic) bond motifs is 1. The van der Waals surface area contributed by atoms with Gasteiger partial charge in [0.2, 0.25) is 0 Å². The summed E-state index contributed by atoms with van der Waals surface area (Å²) < 4.78 is 2.05. The van der Waals surface area contributed by atoms with Crippen LogP contribution in [0.5, 0.6) is 0 Å². The Balaban J connectivity index is 0.000000853. The lowest BCUT2D eigenvalue weighted by molar-refractivity contribution is 1.23. The number of imidazole rings is 1. The predicted molar refractivity (Wildman–Crippen MR) is 65.8 cm³/mol. The maximum Gasteiger partial charge on any atom is 0.194 e. The monoisotopic (exact) mass is 236 g/mol. The molecule has 2 aromatic heterocycles. The third-order valence-corrected chi connectivity index (χ3v) is 3.21. The molecule has 15 heavy (non-hydrogen) atoms. The van der Waals surface area contributed by atoms with Crippen molar-refractivity contribution in [1.82, 2.24) is 9.38 Å². The molecule has 0 fully saturated rings. The van der Waals surface area contributed by atoms with Crippen LogP contribution in [0.4, 0.5) is 0 Å². The molecule has 2 nitrogen and oxygen atoms in total. The summed E-state index contributed by atoms with van der Waals surface area (Å²) in [6, 6.07) is 10.4. The Morgan fingerprint density at radius 1 is 1.13 bits per heavy atom. The maximum absolute atomic E-state index is 4.25. The van der Waals surface area contributed by atoms with Crippen molar-refractivity contribution in [2.24, 2.45) is 0 Å². The van der Waals surface area contributed by atoms with E-state index in [1.165, 1.54) is 10.4 Å². The van der Waals surface area contributed by atoms with Crippen molar-refractivity contribution >= 4 is 28.7 Å². The molecule has 0 radical (unpaired) electrons. The van der Waals surface area contributed by atoms with E-state index in [1.54, 1.807) is 11.3 Å². The van der Waals surface area contributed by atoms with Crippen LogP contribution in [0.1, 0.15) is 0 Å². The Morgan fingerprint density at radius 2 is 1.93 bits per heavy atom. The van der Waals surface area contributed by atoms with Gasteiger partial charge in [-0.05, 0) is 5.56 Å². The maximum atomic E-state index is 4.25. The van der Waals surface area contributed by atoms with E-state index in [9.17, 15) is 0 Å². The first-order valence-electron chi connectivity index (χ1n) is 4.41. The van der Waals surface area contributed by atoms with Gasteiger partial charge in [-0.15, -0.1) is 12.4 Å². The molecule has 0 amide bonds. The lowest BCUT2D eigenvalue weighted by Gasteiger charge is -1.92. The number of nitrogens with zero attached hydrogens (tertiary/aromatic N) is 2. The molecular weight excluding hydrogens is 228 g/mol.